The van der Waals surface area contributed by atoms with Gasteiger partial charge in [0.05, 0.1) is 12.3 Å². The Balaban J connectivity index is 2.49. The van der Waals surface area contributed by atoms with Crippen molar-refractivity contribution in [2.45, 2.75) is 45.0 Å². The topological polar surface area (TPSA) is 111 Å². The predicted molar refractivity (Wildman–Crippen MR) is 85.6 cm³/mol. The zero-order valence-electron chi connectivity index (χ0n) is 13.6. The van der Waals surface area contributed by atoms with Crippen molar-refractivity contribution >= 4 is 12.3 Å². The highest BCUT2D eigenvalue weighted by Gasteiger charge is 2.20. The molecule has 0 radical (unpaired) electrons. The summed E-state index contributed by atoms with van der Waals surface area (Å²) in [6.07, 6.45) is -1.33. The Morgan fingerprint density at radius 3 is 2.70 bits per heavy atom. The normalized spacial score (nSPS) is 14.5. The van der Waals surface area contributed by atoms with Crippen molar-refractivity contribution in [1.82, 2.24) is 5.32 Å². The minimum absolute atomic E-state index is 0.165. The second kappa shape index (κ2) is 8.50. The van der Waals surface area contributed by atoms with E-state index in [1.54, 1.807) is 45.0 Å². The standard InChI is InChI=1S/C16H24N2O5/c1-16(2,3)23-15(21)17-8-7-13(19)14(20)12-6-4-5-11(9-12)10-18-22/h4-6,9-10,13-14,19-20,22H,7-8H2,1-3H3,(H,17,21). The zero-order chi connectivity index (χ0) is 17.5. The molecule has 0 saturated heterocycles. The number of amides is 1. The first-order chi connectivity index (χ1) is 10.7. The van der Waals surface area contributed by atoms with E-state index in [0.717, 1.165) is 0 Å². The maximum Gasteiger partial charge on any atom is 0.407 e. The lowest BCUT2D eigenvalue weighted by atomic mass is 10.0. The van der Waals surface area contributed by atoms with E-state index >= 15 is 0 Å². The summed E-state index contributed by atoms with van der Waals surface area (Å²) in [6.45, 7) is 5.44. The highest BCUT2D eigenvalue weighted by atomic mass is 16.6. The molecule has 2 unspecified atom stereocenters. The fourth-order valence-corrected chi connectivity index (χ4v) is 1.91. The van der Waals surface area contributed by atoms with Gasteiger partial charge in [-0.15, -0.1) is 0 Å². The average molecular weight is 324 g/mol. The van der Waals surface area contributed by atoms with Gasteiger partial charge in [0.15, 0.2) is 0 Å². The number of hydrogen-bond acceptors (Lipinski definition) is 6. The molecule has 1 aromatic rings. The van der Waals surface area contributed by atoms with Crippen LogP contribution in [0.15, 0.2) is 29.4 Å². The number of nitrogens with zero attached hydrogens (tertiary/aromatic N) is 1. The SMILES string of the molecule is CC(C)(C)OC(=O)NCCC(O)C(O)c1cccc(C=NO)c1. The van der Waals surface area contributed by atoms with Crippen LogP contribution in [0.1, 0.15) is 44.4 Å². The third kappa shape index (κ3) is 7.12. The van der Waals surface area contributed by atoms with E-state index in [9.17, 15) is 15.0 Å². The van der Waals surface area contributed by atoms with E-state index in [2.05, 4.69) is 10.5 Å². The Kier molecular flexibility index (Phi) is 6.99. The molecule has 0 fully saturated rings. The third-order valence-electron chi connectivity index (χ3n) is 2.93. The quantitative estimate of drug-likeness (QED) is 0.362. The number of carbonyl (C=O) groups is 1. The monoisotopic (exact) mass is 324 g/mol. The van der Waals surface area contributed by atoms with Crippen molar-refractivity contribution in [3.05, 3.63) is 35.4 Å². The van der Waals surface area contributed by atoms with Gasteiger partial charge in [-0.2, -0.15) is 0 Å². The van der Waals surface area contributed by atoms with Crippen molar-refractivity contribution < 1.29 is 25.0 Å². The van der Waals surface area contributed by atoms with Gasteiger partial charge in [-0.3, -0.25) is 0 Å². The molecule has 0 spiro atoms. The molecule has 23 heavy (non-hydrogen) atoms. The number of oxime groups is 1. The second-order valence-corrected chi connectivity index (χ2v) is 6.14. The number of rotatable bonds is 6. The van der Waals surface area contributed by atoms with Crippen molar-refractivity contribution in [2.75, 3.05) is 6.54 Å². The molecule has 0 aromatic heterocycles. The van der Waals surface area contributed by atoms with Crippen LogP contribution in [-0.4, -0.2) is 46.0 Å². The fourth-order valence-electron chi connectivity index (χ4n) is 1.91. The Bertz CT molecular complexity index is 540. The van der Waals surface area contributed by atoms with Crippen LogP contribution in [0, 0.1) is 0 Å². The molecule has 1 amide bonds. The summed E-state index contributed by atoms with van der Waals surface area (Å²) < 4.78 is 5.07. The van der Waals surface area contributed by atoms with Gasteiger partial charge in [-0.25, -0.2) is 4.79 Å². The Morgan fingerprint density at radius 1 is 1.39 bits per heavy atom. The van der Waals surface area contributed by atoms with Gasteiger partial charge in [-0.1, -0.05) is 23.4 Å². The van der Waals surface area contributed by atoms with Crippen LogP contribution in [0.5, 0.6) is 0 Å². The van der Waals surface area contributed by atoms with Crippen molar-refractivity contribution in [3.8, 4) is 0 Å². The number of aliphatic hydroxyl groups excluding tert-OH is 2. The second-order valence-electron chi connectivity index (χ2n) is 6.14. The summed E-state index contributed by atoms with van der Waals surface area (Å²) in [7, 11) is 0. The summed E-state index contributed by atoms with van der Waals surface area (Å²) in [5.41, 5.74) is 0.506. The zero-order valence-corrected chi connectivity index (χ0v) is 13.6. The molecule has 128 valence electrons. The minimum Gasteiger partial charge on any atom is -0.444 e. The lowest BCUT2D eigenvalue weighted by Crippen LogP contribution is -2.34. The first-order valence-corrected chi connectivity index (χ1v) is 7.33. The van der Waals surface area contributed by atoms with Crippen molar-refractivity contribution in [1.29, 1.82) is 0 Å². The number of hydrogen-bond donors (Lipinski definition) is 4. The number of carbonyl (C=O) groups excluding carboxylic acids is 1. The third-order valence-corrected chi connectivity index (χ3v) is 2.93. The van der Waals surface area contributed by atoms with E-state index < -0.39 is 23.9 Å². The number of aliphatic hydroxyl groups is 2. The van der Waals surface area contributed by atoms with Crippen molar-refractivity contribution in [3.63, 3.8) is 0 Å². The molecule has 1 rings (SSSR count). The molecule has 0 bridgehead atoms. The van der Waals surface area contributed by atoms with Gasteiger partial charge in [0.2, 0.25) is 0 Å². The Morgan fingerprint density at radius 2 is 2.09 bits per heavy atom. The number of alkyl carbamates (subject to hydrolysis) is 1. The first-order valence-electron chi connectivity index (χ1n) is 7.33. The van der Waals surface area contributed by atoms with Gasteiger partial charge in [0.25, 0.3) is 0 Å². The summed E-state index contributed by atoms with van der Waals surface area (Å²) >= 11 is 0. The van der Waals surface area contributed by atoms with Crippen LogP contribution in [0.2, 0.25) is 0 Å². The molecular weight excluding hydrogens is 300 g/mol. The first kappa shape index (κ1) is 18.9. The summed E-state index contributed by atoms with van der Waals surface area (Å²) in [5.74, 6) is 0. The molecule has 0 aliphatic heterocycles. The van der Waals surface area contributed by atoms with Gasteiger partial charge in [-0.05, 0) is 44.4 Å². The molecule has 0 saturated carbocycles. The highest BCUT2D eigenvalue weighted by molar-refractivity contribution is 5.79. The largest absolute Gasteiger partial charge is 0.444 e. The predicted octanol–water partition coefficient (Wildman–Crippen LogP) is 1.80. The van der Waals surface area contributed by atoms with Crippen LogP contribution in [0.3, 0.4) is 0 Å². The van der Waals surface area contributed by atoms with E-state index in [1.807, 2.05) is 0 Å². The lowest BCUT2D eigenvalue weighted by Gasteiger charge is -2.21. The lowest BCUT2D eigenvalue weighted by molar-refractivity contribution is 0.0123. The highest BCUT2D eigenvalue weighted by Crippen LogP contribution is 2.19. The maximum atomic E-state index is 11.5. The summed E-state index contributed by atoms with van der Waals surface area (Å²) in [6, 6.07) is 6.65. The average Bonchev–Trinajstić information content (AvgIpc) is 2.45. The minimum atomic E-state index is -1.11. The van der Waals surface area contributed by atoms with Crippen LogP contribution in [0.25, 0.3) is 0 Å². The molecule has 4 N–H and O–H groups in total. The van der Waals surface area contributed by atoms with Gasteiger partial charge < -0.3 is 25.5 Å². The van der Waals surface area contributed by atoms with E-state index in [-0.39, 0.29) is 13.0 Å². The molecule has 0 heterocycles. The van der Waals surface area contributed by atoms with E-state index in [4.69, 9.17) is 9.94 Å². The van der Waals surface area contributed by atoms with Gasteiger partial charge in [0.1, 0.15) is 11.7 Å². The Hall–Kier alpha value is -2.12. The van der Waals surface area contributed by atoms with Crippen LogP contribution in [-0.2, 0) is 4.74 Å². The number of ether oxygens (including phenoxy) is 1. The molecule has 1 aromatic carbocycles. The maximum absolute atomic E-state index is 11.5. The molecule has 7 heteroatoms. The summed E-state index contributed by atoms with van der Waals surface area (Å²) in [5, 5.41) is 34.1. The van der Waals surface area contributed by atoms with Crippen molar-refractivity contribution in [2.24, 2.45) is 5.16 Å². The molecule has 0 aliphatic carbocycles. The van der Waals surface area contributed by atoms with E-state index in [0.29, 0.717) is 11.1 Å². The molecule has 7 nitrogen and oxygen atoms in total. The summed E-state index contributed by atoms with van der Waals surface area (Å²) in [4.78, 5) is 11.5. The molecular formula is C16H24N2O5. The van der Waals surface area contributed by atoms with Gasteiger partial charge in [0, 0.05) is 6.54 Å². The van der Waals surface area contributed by atoms with Gasteiger partial charge >= 0.3 is 6.09 Å². The van der Waals surface area contributed by atoms with Crippen LogP contribution >= 0.6 is 0 Å². The smallest absolute Gasteiger partial charge is 0.407 e. The van der Waals surface area contributed by atoms with E-state index in [1.165, 1.54) is 6.21 Å². The van der Waals surface area contributed by atoms with Crippen LogP contribution < -0.4 is 5.32 Å². The molecule has 0 aliphatic rings. The molecule has 2 atom stereocenters. The fraction of sp³-hybridized carbons (Fsp3) is 0.500. The van der Waals surface area contributed by atoms with Crippen LogP contribution in [0.4, 0.5) is 4.79 Å². The number of nitrogens with one attached hydrogen (secondary N) is 1. The number of benzene rings is 1. The Labute approximate surface area is 135 Å².